The summed E-state index contributed by atoms with van der Waals surface area (Å²) in [5.41, 5.74) is 0.0546. The molecule has 0 N–H and O–H groups in total. The van der Waals surface area contributed by atoms with Crippen LogP contribution in [0.15, 0.2) is 17.5 Å². The van der Waals surface area contributed by atoms with Gasteiger partial charge in [-0.3, -0.25) is 4.90 Å². The fourth-order valence-electron chi connectivity index (χ4n) is 3.08. The van der Waals surface area contributed by atoms with Crippen LogP contribution in [-0.4, -0.2) is 55.7 Å². The van der Waals surface area contributed by atoms with Gasteiger partial charge < -0.3 is 9.64 Å². The van der Waals surface area contributed by atoms with E-state index in [1.165, 1.54) is 24.3 Å². The van der Waals surface area contributed by atoms with Crippen LogP contribution in [-0.2, 0) is 11.3 Å². The Labute approximate surface area is 133 Å². The van der Waals surface area contributed by atoms with Gasteiger partial charge in [-0.2, -0.15) is 0 Å². The molecule has 1 saturated heterocycles. The van der Waals surface area contributed by atoms with Gasteiger partial charge in [0, 0.05) is 37.7 Å². The lowest BCUT2D eigenvalue weighted by atomic mass is 9.88. The van der Waals surface area contributed by atoms with Gasteiger partial charge in [-0.05, 0) is 58.1 Å². The topological polar surface area (TPSA) is 15.7 Å². The molecule has 0 unspecified atom stereocenters. The van der Waals surface area contributed by atoms with E-state index in [1.807, 2.05) is 11.3 Å². The first-order chi connectivity index (χ1) is 9.94. The summed E-state index contributed by atoms with van der Waals surface area (Å²) in [4.78, 5) is 6.37. The molecule has 4 heteroatoms. The summed E-state index contributed by atoms with van der Waals surface area (Å²) >= 11 is 1.87. The standard InChI is InChI=1S/C17H30N2OS/c1-17(2)12-15(7-10-20-17)13-19(9-8-18(3)4)14-16-6-5-11-21-16/h5-6,11,15H,7-10,12-14H2,1-4H3/t15-/m1/s1. The number of hydrogen-bond acceptors (Lipinski definition) is 4. The number of nitrogens with zero attached hydrogens (tertiary/aromatic N) is 2. The predicted octanol–water partition coefficient (Wildman–Crippen LogP) is 3.32. The lowest BCUT2D eigenvalue weighted by Crippen LogP contribution is -2.41. The van der Waals surface area contributed by atoms with Gasteiger partial charge in [-0.25, -0.2) is 0 Å². The van der Waals surface area contributed by atoms with Crippen molar-refractivity contribution in [1.82, 2.24) is 9.80 Å². The van der Waals surface area contributed by atoms with Crippen LogP contribution in [0.1, 0.15) is 31.6 Å². The molecule has 1 aliphatic rings. The van der Waals surface area contributed by atoms with E-state index in [4.69, 9.17) is 4.74 Å². The maximum absolute atomic E-state index is 5.86. The van der Waals surface area contributed by atoms with Gasteiger partial charge in [0.2, 0.25) is 0 Å². The number of thiophene rings is 1. The van der Waals surface area contributed by atoms with E-state index in [0.717, 1.165) is 32.2 Å². The molecule has 0 aliphatic carbocycles. The first-order valence-corrected chi connectivity index (χ1v) is 8.86. The SMILES string of the molecule is CN(C)CCN(Cc1cccs1)C[C@@H]1CCOC(C)(C)C1. The Bertz CT molecular complexity index is 403. The van der Waals surface area contributed by atoms with Crippen LogP contribution in [0.4, 0.5) is 0 Å². The first-order valence-electron chi connectivity index (χ1n) is 7.98. The van der Waals surface area contributed by atoms with Crippen molar-refractivity contribution in [3.05, 3.63) is 22.4 Å². The van der Waals surface area contributed by atoms with E-state index in [2.05, 4.69) is 55.3 Å². The minimum atomic E-state index is 0.0546. The molecule has 3 nitrogen and oxygen atoms in total. The van der Waals surface area contributed by atoms with E-state index in [-0.39, 0.29) is 5.60 Å². The van der Waals surface area contributed by atoms with Gasteiger partial charge in [0.1, 0.15) is 0 Å². The molecule has 1 aromatic heterocycles. The van der Waals surface area contributed by atoms with Crippen LogP contribution >= 0.6 is 11.3 Å². The number of ether oxygens (including phenoxy) is 1. The van der Waals surface area contributed by atoms with Crippen LogP contribution in [0, 0.1) is 5.92 Å². The summed E-state index contributed by atoms with van der Waals surface area (Å²) in [6, 6.07) is 4.41. The van der Waals surface area contributed by atoms with Gasteiger partial charge in [0.25, 0.3) is 0 Å². The Hall–Kier alpha value is -0.420. The monoisotopic (exact) mass is 310 g/mol. The summed E-state index contributed by atoms with van der Waals surface area (Å²) in [6.45, 7) is 9.91. The van der Waals surface area contributed by atoms with Gasteiger partial charge in [0.15, 0.2) is 0 Å². The average molecular weight is 311 g/mol. The van der Waals surface area contributed by atoms with Crippen LogP contribution in [0.3, 0.4) is 0 Å². The Morgan fingerprint density at radius 1 is 1.33 bits per heavy atom. The van der Waals surface area contributed by atoms with Crippen molar-refractivity contribution < 1.29 is 4.74 Å². The molecule has 0 radical (unpaired) electrons. The van der Waals surface area contributed by atoms with E-state index < -0.39 is 0 Å². The molecule has 2 rings (SSSR count). The number of hydrogen-bond donors (Lipinski definition) is 0. The predicted molar refractivity (Wildman–Crippen MR) is 90.9 cm³/mol. The molecule has 0 bridgehead atoms. The zero-order valence-electron chi connectivity index (χ0n) is 14.0. The second kappa shape index (κ2) is 7.73. The van der Waals surface area contributed by atoms with Crippen molar-refractivity contribution >= 4 is 11.3 Å². The normalized spacial score (nSPS) is 22.1. The van der Waals surface area contributed by atoms with E-state index >= 15 is 0 Å². The molecule has 0 saturated carbocycles. The summed E-state index contributed by atoms with van der Waals surface area (Å²) in [5, 5.41) is 2.18. The van der Waals surface area contributed by atoms with Crippen molar-refractivity contribution in [3.63, 3.8) is 0 Å². The summed E-state index contributed by atoms with van der Waals surface area (Å²) in [7, 11) is 4.31. The quantitative estimate of drug-likeness (QED) is 0.768. The molecule has 120 valence electrons. The third-order valence-electron chi connectivity index (χ3n) is 4.14. The molecule has 1 fully saturated rings. The van der Waals surface area contributed by atoms with E-state index in [9.17, 15) is 0 Å². The molecular formula is C17H30N2OS. The second-order valence-corrected chi connectivity index (χ2v) is 8.12. The van der Waals surface area contributed by atoms with Crippen molar-refractivity contribution in [3.8, 4) is 0 Å². The lowest BCUT2D eigenvalue weighted by molar-refractivity contribution is -0.0772. The van der Waals surface area contributed by atoms with Crippen molar-refractivity contribution in [2.24, 2.45) is 5.92 Å². The van der Waals surface area contributed by atoms with Crippen LogP contribution < -0.4 is 0 Å². The minimum absolute atomic E-state index is 0.0546. The third-order valence-corrected chi connectivity index (χ3v) is 5.00. The van der Waals surface area contributed by atoms with E-state index in [1.54, 1.807) is 0 Å². The van der Waals surface area contributed by atoms with Gasteiger partial charge in [0.05, 0.1) is 5.60 Å². The molecular weight excluding hydrogens is 280 g/mol. The molecule has 2 heterocycles. The molecule has 1 aromatic rings. The fourth-order valence-corrected chi connectivity index (χ4v) is 3.82. The van der Waals surface area contributed by atoms with Crippen molar-refractivity contribution in [2.45, 2.75) is 38.8 Å². The Kier molecular flexibility index (Phi) is 6.23. The lowest BCUT2D eigenvalue weighted by Gasteiger charge is -2.38. The van der Waals surface area contributed by atoms with Crippen LogP contribution in [0.25, 0.3) is 0 Å². The maximum atomic E-state index is 5.86. The zero-order chi connectivity index (χ0) is 15.3. The molecule has 0 spiro atoms. The third kappa shape index (κ3) is 6.07. The summed E-state index contributed by atoms with van der Waals surface area (Å²) < 4.78 is 5.86. The fraction of sp³-hybridized carbons (Fsp3) is 0.765. The molecule has 0 aromatic carbocycles. The van der Waals surface area contributed by atoms with Gasteiger partial charge >= 0.3 is 0 Å². The Balaban J connectivity index is 1.91. The smallest absolute Gasteiger partial charge is 0.0629 e. The number of likely N-dealkylation sites (N-methyl/N-ethyl adjacent to an activating group) is 1. The average Bonchev–Trinajstić information content (AvgIpc) is 2.87. The zero-order valence-corrected chi connectivity index (χ0v) is 14.8. The highest BCUT2D eigenvalue weighted by atomic mass is 32.1. The van der Waals surface area contributed by atoms with Gasteiger partial charge in [-0.1, -0.05) is 6.07 Å². The minimum Gasteiger partial charge on any atom is -0.376 e. The Morgan fingerprint density at radius 2 is 2.14 bits per heavy atom. The van der Waals surface area contributed by atoms with Crippen LogP contribution in [0.5, 0.6) is 0 Å². The highest BCUT2D eigenvalue weighted by Crippen LogP contribution is 2.29. The van der Waals surface area contributed by atoms with Crippen molar-refractivity contribution in [2.75, 3.05) is 40.3 Å². The summed E-state index contributed by atoms with van der Waals surface area (Å²) in [6.07, 6.45) is 2.38. The second-order valence-electron chi connectivity index (χ2n) is 7.08. The molecule has 21 heavy (non-hydrogen) atoms. The van der Waals surface area contributed by atoms with Gasteiger partial charge in [-0.15, -0.1) is 11.3 Å². The molecule has 0 amide bonds. The summed E-state index contributed by atoms with van der Waals surface area (Å²) in [5.74, 6) is 0.760. The van der Waals surface area contributed by atoms with Crippen LogP contribution in [0.2, 0.25) is 0 Å². The molecule has 1 atom stereocenters. The van der Waals surface area contributed by atoms with Crippen molar-refractivity contribution in [1.29, 1.82) is 0 Å². The first kappa shape index (κ1) is 16.9. The highest BCUT2D eigenvalue weighted by Gasteiger charge is 2.29. The van der Waals surface area contributed by atoms with E-state index in [0.29, 0.717) is 0 Å². The number of rotatable bonds is 7. The highest BCUT2D eigenvalue weighted by molar-refractivity contribution is 7.09. The largest absolute Gasteiger partial charge is 0.376 e. The maximum Gasteiger partial charge on any atom is 0.0629 e. The molecule has 1 aliphatic heterocycles. The Morgan fingerprint density at radius 3 is 2.76 bits per heavy atom.